The molecule has 0 saturated carbocycles. The van der Waals surface area contributed by atoms with Crippen LogP contribution in [0.15, 0.2) is 29.3 Å². The molecule has 1 aromatic carbocycles. The number of halogens is 1. The molecule has 0 saturated heterocycles. The van der Waals surface area contributed by atoms with Crippen molar-refractivity contribution < 1.29 is 0 Å². The van der Waals surface area contributed by atoms with Gasteiger partial charge < -0.3 is 10.6 Å². The van der Waals surface area contributed by atoms with Crippen LogP contribution in [0, 0.1) is 11.3 Å². The van der Waals surface area contributed by atoms with Gasteiger partial charge >= 0.3 is 0 Å². The van der Waals surface area contributed by atoms with E-state index < -0.39 is 0 Å². The maximum absolute atomic E-state index is 8.72. The lowest BCUT2D eigenvalue weighted by atomic mass is 10.1. The normalized spacial score (nSPS) is 10.3. The lowest BCUT2D eigenvalue weighted by Crippen LogP contribution is -2.37. The molecule has 0 unspecified atom stereocenters. The highest BCUT2D eigenvalue weighted by molar-refractivity contribution is 14.0. The summed E-state index contributed by atoms with van der Waals surface area (Å²) in [4.78, 5) is 4.49. The summed E-state index contributed by atoms with van der Waals surface area (Å²) in [6.07, 6.45) is 1.07. The quantitative estimate of drug-likeness (QED) is 0.475. The Morgan fingerprint density at radius 1 is 1.21 bits per heavy atom. The van der Waals surface area contributed by atoms with Crippen molar-refractivity contribution in [3.63, 3.8) is 0 Å². The molecule has 0 aliphatic rings. The van der Waals surface area contributed by atoms with Gasteiger partial charge in [0, 0.05) is 13.1 Å². The number of benzene rings is 1. The third kappa shape index (κ3) is 7.01. The summed E-state index contributed by atoms with van der Waals surface area (Å²) in [6.45, 7) is 6.55. The number of nitrogens with zero attached hydrogens (tertiary/aromatic N) is 2. The molecule has 0 heterocycles. The number of nitriles is 1. The number of hydrogen-bond donors (Lipinski definition) is 2. The van der Waals surface area contributed by atoms with E-state index >= 15 is 0 Å². The van der Waals surface area contributed by atoms with E-state index in [2.05, 4.69) is 28.6 Å². The minimum atomic E-state index is 0. The van der Waals surface area contributed by atoms with Crippen molar-refractivity contribution in [1.82, 2.24) is 10.6 Å². The van der Waals surface area contributed by atoms with E-state index in [1.54, 1.807) is 0 Å². The summed E-state index contributed by atoms with van der Waals surface area (Å²) in [5.74, 6) is 0.837. The molecule has 2 N–H and O–H groups in total. The second-order valence-corrected chi connectivity index (χ2v) is 3.93. The lowest BCUT2D eigenvalue weighted by Gasteiger charge is -2.10. The summed E-state index contributed by atoms with van der Waals surface area (Å²) in [6, 6.07) is 9.61. The third-order valence-corrected chi connectivity index (χ3v) is 2.39. The van der Waals surface area contributed by atoms with E-state index in [1.807, 2.05) is 31.2 Å². The van der Waals surface area contributed by atoms with Gasteiger partial charge in [0.1, 0.15) is 0 Å². The van der Waals surface area contributed by atoms with Crippen LogP contribution >= 0.6 is 24.0 Å². The van der Waals surface area contributed by atoms with Gasteiger partial charge in [0.25, 0.3) is 0 Å². The van der Waals surface area contributed by atoms with Gasteiger partial charge in [0.05, 0.1) is 18.2 Å². The number of rotatable bonds is 5. The summed E-state index contributed by atoms with van der Waals surface area (Å²) >= 11 is 0. The average Bonchev–Trinajstić information content (AvgIpc) is 2.42. The van der Waals surface area contributed by atoms with Gasteiger partial charge in [0.15, 0.2) is 5.96 Å². The first kappa shape index (κ1) is 17.7. The molecule has 0 amide bonds. The molecule has 19 heavy (non-hydrogen) atoms. The Hall–Kier alpha value is -1.29. The van der Waals surface area contributed by atoms with Crippen molar-refractivity contribution in [2.24, 2.45) is 4.99 Å². The Morgan fingerprint density at radius 2 is 1.89 bits per heavy atom. The van der Waals surface area contributed by atoms with Gasteiger partial charge in [-0.2, -0.15) is 5.26 Å². The maximum atomic E-state index is 8.72. The van der Waals surface area contributed by atoms with Crippen LogP contribution in [-0.4, -0.2) is 19.0 Å². The monoisotopic (exact) mass is 372 g/mol. The van der Waals surface area contributed by atoms with Gasteiger partial charge in [-0.05, 0) is 31.0 Å². The second kappa shape index (κ2) is 10.6. The van der Waals surface area contributed by atoms with Crippen LogP contribution in [0.5, 0.6) is 0 Å². The molecule has 1 rings (SSSR count). The molecular weight excluding hydrogens is 351 g/mol. The number of hydrogen-bond acceptors (Lipinski definition) is 2. The van der Waals surface area contributed by atoms with Crippen molar-refractivity contribution in [2.45, 2.75) is 26.8 Å². The molecule has 0 aromatic heterocycles. The Morgan fingerprint density at radius 3 is 2.42 bits per heavy atom. The number of guanidine groups is 1. The van der Waals surface area contributed by atoms with E-state index in [4.69, 9.17) is 5.26 Å². The highest BCUT2D eigenvalue weighted by Crippen LogP contribution is 2.04. The molecule has 5 heteroatoms. The van der Waals surface area contributed by atoms with Crippen LogP contribution < -0.4 is 10.6 Å². The average molecular weight is 372 g/mol. The Balaban J connectivity index is 0.00000324. The van der Waals surface area contributed by atoms with Crippen LogP contribution in [-0.2, 0) is 6.54 Å². The molecule has 0 radical (unpaired) electrons. The van der Waals surface area contributed by atoms with Crippen LogP contribution in [0.1, 0.15) is 31.4 Å². The predicted molar refractivity (Wildman–Crippen MR) is 89.7 cm³/mol. The van der Waals surface area contributed by atoms with E-state index in [1.165, 1.54) is 0 Å². The van der Waals surface area contributed by atoms with Gasteiger partial charge in [-0.15, -0.1) is 24.0 Å². The zero-order valence-electron chi connectivity index (χ0n) is 11.4. The maximum Gasteiger partial charge on any atom is 0.191 e. The lowest BCUT2D eigenvalue weighted by molar-refractivity contribution is 0.785. The molecular formula is C14H21IN4. The summed E-state index contributed by atoms with van der Waals surface area (Å²) in [5, 5.41) is 15.2. The van der Waals surface area contributed by atoms with E-state index in [0.717, 1.165) is 31.0 Å². The summed E-state index contributed by atoms with van der Waals surface area (Å²) in [5.41, 5.74) is 1.78. The molecule has 0 aliphatic heterocycles. The standard InChI is InChI=1S/C14H20N4.HI/c1-3-9-17-14(16-4-2)18-11-13-7-5-12(10-15)6-8-13;/h5-8H,3-4,9,11H2,1-2H3,(H2,16,17,18);1H. The van der Waals surface area contributed by atoms with Crippen molar-refractivity contribution in [1.29, 1.82) is 5.26 Å². The largest absolute Gasteiger partial charge is 0.357 e. The third-order valence-electron chi connectivity index (χ3n) is 2.39. The number of aliphatic imine (C=N–C) groups is 1. The fraction of sp³-hybridized carbons (Fsp3) is 0.429. The van der Waals surface area contributed by atoms with Crippen molar-refractivity contribution in [3.8, 4) is 6.07 Å². The first-order valence-corrected chi connectivity index (χ1v) is 6.31. The van der Waals surface area contributed by atoms with Crippen molar-refractivity contribution >= 4 is 29.9 Å². The van der Waals surface area contributed by atoms with Crippen LogP contribution in [0.3, 0.4) is 0 Å². The molecule has 104 valence electrons. The molecule has 0 spiro atoms. The van der Waals surface area contributed by atoms with Gasteiger partial charge in [-0.25, -0.2) is 4.99 Å². The molecule has 0 aliphatic carbocycles. The summed E-state index contributed by atoms with van der Waals surface area (Å²) < 4.78 is 0. The molecule has 0 atom stereocenters. The Kier molecular flexibility index (Phi) is 9.90. The predicted octanol–water partition coefficient (Wildman–Crippen LogP) is 2.64. The Labute approximate surface area is 132 Å². The smallest absolute Gasteiger partial charge is 0.191 e. The fourth-order valence-electron chi connectivity index (χ4n) is 1.44. The van der Waals surface area contributed by atoms with Gasteiger partial charge in [-0.1, -0.05) is 19.1 Å². The zero-order valence-corrected chi connectivity index (χ0v) is 13.8. The molecule has 0 fully saturated rings. The first-order valence-electron chi connectivity index (χ1n) is 6.31. The minimum Gasteiger partial charge on any atom is -0.357 e. The topological polar surface area (TPSA) is 60.2 Å². The van der Waals surface area contributed by atoms with Crippen molar-refractivity contribution in [3.05, 3.63) is 35.4 Å². The molecule has 4 nitrogen and oxygen atoms in total. The van der Waals surface area contributed by atoms with Crippen LogP contribution in [0.2, 0.25) is 0 Å². The van der Waals surface area contributed by atoms with Gasteiger partial charge in [-0.3, -0.25) is 0 Å². The van der Waals surface area contributed by atoms with E-state index in [9.17, 15) is 0 Å². The summed E-state index contributed by atoms with van der Waals surface area (Å²) in [7, 11) is 0. The first-order chi connectivity index (χ1) is 8.80. The molecule has 0 bridgehead atoms. The molecule has 1 aromatic rings. The van der Waals surface area contributed by atoms with Crippen LogP contribution in [0.4, 0.5) is 0 Å². The second-order valence-electron chi connectivity index (χ2n) is 3.93. The fourth-order valence-corrected chi connectivity index (χ4v) is 1.44. The highest BCUT2D eigenvalue weighted by atomic mass is 127. The SMILES string of the molecule is CCCNC(=NCc1ccc(C#N)cc1)NCC.I. The minimum absolute atomic E-state index is 0. The van der Waals surface area contributed by atoms with Crippen LogP contribution in [0.25, 0.3) is 0 Å². The zero-order chi connectivity index (χ0) is 13.2. The highest BCUT2D eigenvalue weighted by Gasteiger charge is 1.96. The van der Waals surface area contributed by atoms with Gasteiger partial charge in [0.2, 0.25) is 0 Å². The van der Waals surface area contributed by atoms with E-state index in [0.29, 0.717) is 12.1 Å². The number of nitrogens with one attached hydrogen (secondary N) is 2. The van der Waals surface area contributed by atoms with Crippen molar-refractivity contribution in [2.75, 3.05) is 13.1 Å². The van der Waals surface area contributed by atoms with E-state index in [-0.39, 0.29) is 24.0 Å². The Bertz CT molecular complexity index is 420.